The minimum absolute atomic E-state index is 0.268. The van der Waals surface area contributed by atoms with Crippen molar-refractivity contribution in [3.05, 3.63) is 22.4 Å². The molecule has 0 bridgehead atoms. The second kappa shape index (κ2) is 6.18. The van der Waals surface area contributed by atoms with Crippen molar-refractivity contribution in [3.8, 4) is 0 Å². The maximum atomic E-state index is 6.09. The lowest BCUT2D eigenvalue weighted by Crippen LogP contribution is -2.54. The van der Waals surface area contributed by atoms with Gasteiger partial charge in [0.05, 0.1) is 0 Å². The third-order valence-corrected chi connectivity index (χ3v) is 5.60. The van der Waals surface area contributed by atoms with Crippen LogP contribution in [0.3, 0.4) is 0 Å². The van der Waals surface area contributed by atoms with Crippen molar-refractivity contribution >= 4 is 11.3 Å². The molecule has 2 nitrogen and oxygen atoms in total. The molecule has 0 radical (unpaired) electrons. The fourth-order valence-electron chi connectivity index (χ4n) is 3.01. The topological polar surface area (TPSA) is 29.3 Å². The highest BCUT2D eigenvalue weighted by Gasteiger charge is 2.36. The summed E-state index contributed by atoms with van der Waals surface area (Å²) in [4.78, 5) is 4.01. The van der Waals surface area contributed by atoms with E-state index in [9.17, 15) is 0 Å². The third-order valence-electron chi connectivity index (χ3n) is 4.67. The molecular formula is C15H26N2S. The molecule has 1 saturated carbocycles. The van der Waals surface area contributed by atoms with E-state index in [1.165, 1.54) is 30.6 Å². The maximum Gasteiger partial charge on any atom is 0.0329 e. The first-order valence-corrected chi connectivity index (χ1v) is 7.98. The molecule has 0 amide bonds. The van der Waals surface area contributed by atoms with Gasteiger partial charge in [-0.15, -0.1) is 11.3 Å². The van der Waals surface area contributed by atoms with Crippen molar-refractivity contribution in [2.45, 2.75) is 44.6 Å². The summed E-state index contributed by atoms with van der Waals surface area (Å²) in [6.45, 7) is 4.30. The van der Waals surface area contributed by atoms with Crippen LogP contribution in [0.1, 0.15) is 37.5 Å². The minimum Gasteiger partial charge on any atom is -0.329 e. The van der Waals surface area contributed by atoms with Gasteiger partial charge >= 0.3 is 0 Å². The van der Waals surface area contributed by atoms with Crippen LogP contribution in [0, 0.1) is 5.92 Å². The maximum absolute atomic E-state index is 6.09. The lowest BCUT2D eigenvalue weighted by molar-refractivity contribution is 0.0690. The molecule has 0 aromatic carbocycles. The summed E-state index contributed by atoms with van der Waals surface area (Å²) in [6.07, 6.45) is 6.36. The van der Waals surface area contributed by atoms with Gasteiger partial charge in [0, 0.05) is 23.5 Å². The molecule has 1 aliphatic rings. The Labute approximate surface area is 115 Å². The van der Waals surface area contributed by atoms with Crippen LogP contribution in [0.25, 0.3) is 0 Å². The predicted molar refractivity (Wildman–Crippen MR) is 80.1 cm³/mol. The number of thiophene rings is 1. The van der Waals surface area contributed by atoms with Gasteiger partial charge in [-0.2, -0.15) is 0 Å². The van der Waals surface area contributed by atoms with E-state index in [2.05, 4.69) is 36.4 Å². The van der Waals surface area contributed by atoms with E-state index in [0.29, 0.717) is 0 Å². The van der Waals surface area contributed by atoms with Crippen LogP contribution in [0.15, 0.2) is 17.5 Å². The number of nitrogens with zero attached hydrogens (tertiary/aromatic N) is 1. The molecule has 1 heterocycles. The smallest absolute Gasteiger partial charge is 0.0329 e. The molecule has 102 valence electrons. The summed E-state index contributed by atoms with van der Waals surface area (Å²) in [5, 5.41) is 2.16. The molecule has 3 heteroatoms. The molecule has 0 saturated heterocycles. The van der Waals surface area contributed by atoms with Gasteiger partial charge in [-0.3, -0.25) is 4.90 Å². The fraction of sp³-hybridized carbons (Fsp3) is 0.733. The van der Waals surface area contributed by atoms with E-state index in [0.717, 1.165) is 25.4 Å². The van der Waals surface area contributed by atoms with Gasteiger partial charge in [0.15, 0.2) is 0 Å². The Kier molecular flexibility index (Phi) is 4.82. The second-order valence-electron chi connectivity index (χ2n) is 5.86. The molecule has 1 aromatic heterocycles. The molecular weight excluding hydrogens is 240 g/mol. The Bertz CT molecular complexity index is 339. The number of hydrogen-bond donors (Lipinski definition) is 1. The van der Waals surface area contributed by atoms with Crippen molar-refractivity contribution in [1.29, 1.82) is 0 Å². The SMILES string of the molecule is CC1CCC(CN)(N(C)CCc2cccs2)CC1. The number of likely N-dealkylation sites (N-methyl/N-ethyl adjacent to an activating group) is 1. The number of hydrogen-bond acceptors (Lipinski definition) is 3. The molecule has 0 aliphatic heterocycles. The first-order chi connectivity index (χ1) is 8.66. The molecule has 1 aliphatic carbocycles. The molecule has 0 spiro atoms. The van der Waals surface area contributed by atoms with E-state index < -0.39 is 0 Å². The van der Waals surface area contributed by atoms with E-state index in [1.807, 2.05) is 11.3 Å². The zero-order chi connectivity index (χ0) is 13.0. The highest BCUT2D eigenvalue weighted by molar-refractivity contribution is 7.09. The van der Waals surface area contributed by atoms with Crippen LogP contribution < -0.4 is 5.73 Å². The molecule has 0 unspecified atom stereocenters. The number of rotatable bonds is 5. The summed E-state index contributed by atoms with van der Waals surface area (Å²) < 4.78 is 0. The zero-order valence-corrected chi connectivity index (χ0v) is 12.5. The van der Waals surface area contributed by atoms with Crippen LogP contribution in [0.2, 0.25) is 0 Å². The van der Waals surface area contributed by atoms with Crippen LogP contribution in [0.4, 0.5) is 0 Å². The summed E-state index contributed by atoms with van der Waals surface area (Å²) in [5.41, 5.74) is 6.36. The Morgan fingerprint density at radius 2 is 2.17 bits per heavy atom. The van der Waals surface area contributed by atoms with Crippen LogP contribution in [-0.4, -0.2) is 30.6 Å². The summed E-state index contributed by atoms with van der Waals surface area (Å²) in [6, 6.07) is 4.37. The van der Waals surface area contributed by atoms with Gasteiger partial charge in [0.1, 0.15) is 0 Å². The van der Waals surface area contributed by atoms with Crippen molar-refractivity contribution in [3.63, 3.8) is 0 Å². The van der Waals surface area contributed by atoms with Crippen molar-refractivity contribution in [1.82, 2.24) is 4.90 Å². The minimum atomic E-state index is 0.268. The van der Waals surface area contributed by atoms with Gasteiger partial charge in [-0.1, -0.05) is 13.0 Å². The van der Waals surface area contributed by atoms with Crippen molar-refractivity contribution in [2.24, 2.45) is 11.7 Å². The largest absolute Gasteiger partial charge is 0.329 e. The van der Waals surface area contributed by atoms with E-state index >= 15 is 0 Å². The normalized spacial score (nSPS) is 28.8. The first kappa shape index (κ1) is 14.0. The third kappa shape index (κ3) is 3.14. The lowest BCUT2D eigenvalue weighted by Gasteiger charge is -2.45. The van der Waals surface area contributed by atoms with Crippen LogP contribution in [0.5, 0.6) is 0 Å². The first-order valence-electron chi connectivity index (χ1n) is 7.10. The molecule has 1 fully saturated rings. The van der Waals surface area contributed by atoms with Crippen LogP contribution in [-0.2, 0) is 6.42 Å². The van der Waals surface area contributed by atoms with Crippen LogP contribution >= 0.6 is 11.3 Å². The standard InChI is InChI=1S/C15H26N2S/c1-13-5-8-15(12-16,9-6-13)17(2)10-7-14-4-3-11-18-14/h3-4,11,13H,5-10,12,16H2,1-2H3. The summed E-state index contributed by atoms with van der Waals surface area (Å²) in [7, 11) is 2.26. The van der Waals surface area contributed by atoms with E-state index in [-0.39, 0.29) is 5.54 Å². The quantitative estimate of drug-likeness (QED) is 0.887. The monoisotopic (exact) mass is 266 g/mol. The zero-order valence-electron chi connectivity index (χ0n) is 11.7. The number of nitrogens with two attached hydrogens (primary N) is 1. The highest BCUT2D eigenvalue weighted by Crippen LogP contribution is 2.35. The summed E-state index contributed by atoms with van der Waals surface area (Å²) >= 11 is 1.86. The Morgan fingerprint density at radius 3 is 2.72 bits per heavy atom. The fourth-order valence-corrected chi connectivity index (χ4v) is 3.71. The Hall–Kier alpha value is -0.380. The van der Waals surface area contributed by atoms with E-state index in [1.54, 1.807) is 0 Å². The van der Waals surface area contributed by atoms with Gasteiger partial charge in [0.2, 0.25) is 0 Å². The van der Waals surface area contributed by atoms with Gasteiger partial charge in [0.25, 0.3) is 0 Å². The van der Waals surface area contributed by atoms with Gasteiger partial charge < -0.3 is 5.73 Å². The Morgan fingerprint density at radius 1 is 1.44 bits per heavy atom. The summed E-state index contributed by atoms with van der Waals surface area (Å²) in [5.74, 6) is 0.885. The molecule has 2 N–H and O–H groups in total. The van der Waals surface area contributed by atoms with Gasteiger partial charge in [-0.25, -0.2) is 0 Å². The Balaban J connectivity index is 1.90. The second-order valence-corrected chi connectivity index (χ2v) is 6.89. The van der Waals surface area contributed by atoms with Crippen molar-refractivity contribution in [2.75, 3.05) is 20.1 Å². The molecule has 18 heavy (non-hydrogen) atoms. The molecule has 1 aromatic rings. The molecule has 0 atom stereocenters. The molecule has 2 rings (SSSR count). The van der Waals surface area contributed by atoms with E-state index in [4.69, 9.17) is 5.73 Å². The van der Waals surface area contributed by atoms with Crippen molar-refractivity contribution < 1.29 is 0 Å². The average Bonchev–Trinajstić information content (AvgIpc) is 2.90. The van der Waals surface area contributed by atoms with Gasteiger partial charge in [-0.05, 0) is 56.5 Å². The average molecular weight is 266 g/mol. The highest BCUT2D eigenvalue weighted by atomic mass is 32.1. The predicted octanol–water partition coefficient (Wildman–Crippen LogP) is 3.13. The lowest BCUT2D eigenvalue weighted by atomic mass is 9.76.